The van der Waals surface area contributed by atoms with Crippen molar-refractivity contribution in [3.63, 3.8) is 0 Å². The van der Waals surface area contributed by atoms with Crippen molar-refractivity contribution in [3.8, 4) is 0 Å². The fraction of sp³-hybridized carbons (Fsp3) is 0.263. The van der Waals surface area contributed by atoms with Gasteiger partial charge in [-0.15, -0.1) is 12.4 Å². The third kappa shape index (κ3) is 3.46. The van der Waals surface area contributed by atoms with Crippen LogP contribution in [0, 0.1) is 12.7 Å². The number of halogens is 2. The second-order valence-electron chi connectivity index (χ2n) is 5.86. The van der Waals surface area contributed by atoms with Crippen molar-refractivity contribution in [1.29, 1.82) is 0 Å². The Kier molecular flexibility index (Phi) is 5.99. The molecule has 0 saturated heterocycles. The zero-order valence-electron chi connectivity index (χ0n) is 13.7. The third-order valence-corrected chi connectivity index (χ3v) is 4.25. The molecule has 0 unspecified atom stereocenters. The van der Waals surface area contributed by atoms with Crippen molar-refractivity contribution in [3.05, 3.63) is 71.7 Å². The normalized spacial score (nSPS) is 13.5. The van der Waals surface area contributed by atoms with Gasteiger partial charge in [0, 0.05) is 23.6 Å². The summed E-state index contributed by atoms with van der Waals surface area (Å²) in [6.07, 6.45) is 1.30. The van der Waals surface area contributed by atoms with Crippen LogP contribution in [0.4, 0.5) is 4.39 Å². The van der Waals surface area contributed by atoms with Crippen LogP contribution in [-0.2, 0) is 0 Å². The van der Waals surface area contributed by atoms with Crippen LogP contribution in [0.3, 0.4) is 0 Å². The Morgan fingerprint density at radius 1 is 1.17 bits per heavy atom. The molecule has 0 amide bonds. The highest BCUT2D eigenvalue weighted by atomic mass is 35.5. The molecule has 3 rings (SSSR count). The van der Waals surface area contributed by atoms with Gasteiger partial charge in [0.25, 0.3) is 0 Å². The van der Waals surface area contributed by atoms with Gasteiger partial charge in [0.05, 0.1) is 12.1 Å². The van der Waals surface area contributed by atoms with E-state index in [1.165, 1.54) is 17.7 Å². The number of rotatable bonds is 5. The predicted octanol–water partition coefficient (Wildman–Crippen LogP) is 3.68. The second kappa shape index (κ2) is 7.79. The van der Waals surface area contributed by atoms with E-state index < -0.39 is 6.10 Å². The summed E-state index contributed by atoms with van der Waals surface area (Å²) >= 11 is 0. The van der Waals surface area contributed by atoms with Crippen LogP contribution in [0.1, 0.15) is 17.2 Å². The molecular formula is C19H22ClFN2O. The fourth-order valence-electron chi connectivity index (χ4n) is 3.16. The number of likely N-dealkylation sites (N-methyl/N-ethyl adjacent to an activating group) is 1. The summed E-state index contributed by atoms with van der Waals surface area (Å²) in [5.41, 5.74) is 2.98. The van der Waals surface area contributed by atoms with Crippen molar-refractivity contribution in [2.75, 3.05) is 13.6 Å². The summed E-state index contributed by atoms with van der Waals surface area (Å²) in [5, 5.41) is 14.8. The molecule has 0 spiro atoms. The van der Waals surface area contributed by atoms with E-state index in [4.69, 9.17) is 0 Å². The largest absolute Gasteiger partial charge is 0.389 e. The smallest absolute Gasteiger partial charge is 0.123 e. The van der Waals surface area contributed by atoms with Gasteiger partial charge in [-0.1, -0.05) is 24.3 Å². The predicted molar refractivity (Wildman–Crippen MR) is 98.4 cm³/mol. The van der Waals surface area contributed by atoms with Crippen LogP contribution in [0.2, 0.25) is 0 Å². The summed E-state index contributed by atoms with van der Waals surface area (Å²) < 4.78 is 15.7. The lowest BCUT2D eigenvalue weighted by molar-refractivity contribution is 0.132. The highest BCUT2D eigenvalue weighted by Gasteiger charge is 2.24. The van der Waals surface area contributed by atoms with Gasteiger partial charge in [0.2, 0.25) is 0 Å². The highest BCUT2D eigenvalue weighted by molar-refractivity contribution is 5.85. The zero-order valence-corrected chi connectivity index (χ0v) is 14.6. The molecule has 0 fully saturated rings. The van der Waals surface area contributed by atoms with E-state index in [-0.39, 0.29) is 24.3 Å². The molecule has 0 aliphatic carbocycles. The van der Waals surface area contributed by atoms with Gasteiger partial charge >= 0.3 is 0 Å². The number of aryl methyl sites for hydroxylation is 1. The first-order valence-corrected chi connectivity index (χ1v) is 7.76. The highest BCUT2D eigenvalue weighted by Crippen LogP contribution is 2.29. The van der Waals surface area contributed by atoms with Gasteiger partial charge in [-0.2, -0.15) is 0 Å². The maximum absolute atomic E-state index is 13.7. The second-order valence-corrected chi connectivity index (χ2v) is 5.86. The van der Waals surface area contributed by atoms with E-state index in [0.29, 0.717) is 6.54 Å². The Bertz CT molecular complexity index is 818. The molecular weight excluding hydrogens is 327 g/mol. The molecule has 0 saturated carbocycles. The average Bonchev–Trinajstić information content (AvgIpc) is 2.93. The maximum atomic E-state index is 13.7. The van der Waals surface area contributed by atoms with Gasteiger partial charge in [0.1, 0.15) is 5.82 Å². The van der Waals surface area contributed by atoms with Crippen molar-refractivity contribution in [1.82, 2.24) is 9.88 Å². The number of nitrogens with one attached hydrogen (secondary N) is 1. The number of aliphatic hydroxyl groups is 1. The summed E-state index contributed by atoms with van der Waals surface area (Å²) in [7, 11) is 1.80. The van der Waals surface area contributed by atoms with Crippen LogP contribution in [-0.4, -0.2) is 29.4 Å². The van der Waals surface area contributed by atoms with E-state index in [1.807, 2.05) is 35.0 Å². The molecule has 0 aliphatic rings. The number of aliphatic hydroxyl groups excluding tert-OH is 1. The monoisotopic (exact) mass is 348 g/mol. The fourth-order valence-corrected chi connectivity index (χ4v) is 3.16. The van der Waals surface area contributed by atoms with Gasteiger partial charge in [-0.25, -0.2) is 4.39 Å². The SMILES string of the molecule is CNC[C@@H](O)[C@H](c1cccc(F)c1)n1ccc2c(C)cccc21.Cl. The topological polar surface area (TPSA) is 37.2 Å². The number of nitrogens with zero attached hydrogens (tertiary/aromatic N) is 1. The number of hydrogen-bond donors (Lipinski definition) is 2. The minimum absolute atomic E-state index is 0. The molecule has 2 atom stereocenters. The van der Waals surface area contributed by atoms with Crippen molar-refractivity contribution >= 4 is 23.3 Å². The molecule has 3 nitrogen and oxygen atoms in total. The maximum Gasteiger partial charge on any atom is 0.123 e. The molecule has 0 aliphatic heterocycles. The molecule has 1 heterocycles. The Hall–Kier alpha value is -1.88. The molecule has 2 aromatic carbocycles. The molecule has 1 aromatic heterocycles. The molecule has 0 radical (unpaired) electrons. The van der Waals surface area contributed by atoms with Crippen LogP contribution in [0.5, 0.6) is 0 Å². The zero-order chi connectivity index (χ0) is 16.4. The van der Waals surface area contributed by atoms with Gasteiger partial charge in [-0.05, 0) is 49.4 Å². The first-order valence-electron chi connectivity index (χ1n) is 7.76. The van der Waals surface area contributed by atoms with E-state index in [0.717, 1.165) is 16.5 Å². The van der Waals surface area contributed by atoms with Gasteiger partial charge in [-0.3, -0.25) is 0 Å². The van der Waals surface area contributed by atoms with E-state index >= 15 is 0 Å². The lowest BCUT2D eigenvalue weighted by Gasteiger charge is -2.26. The van der Waals surface area contributed by atoms with Crippen LogP contribution < -0.4 is 5.32 Å². The average molecular weight is 349 g/mol. The Balaban J connectivity index is 0.00000208. The standard InChI is InChI=1S/C19H21FN2O.ClH/c1-13-5-3-8-17-16(13)9-10-22(17)19(18(23)12-21-2)14-6-4-7-15(20)11-14;/h3-11,18-19,21,23H,12H2,1-2H3;1H/t18-,19+;/m1./s1. The Labute approximate surface area is 147 Å². The molecule has 3 aromatic rings. The molecule has 24 heavy (non-hydrogen) atoms. The van der Waals surface area contributed by atoms with Crippen molar-refractivity contribution < 1.29 is 9.50 Å². The van der Waals surface area contributed by atoms with Crippen molar-refractivity contribution in [2.45, 2.75) is 19.1 Å². The number of hydrogen-bond acceptors (Lipinski definition) is 2. The first kappa shape index (κ1) is 18.5. The van der Waals surface area contributed by atoms with Gasteiger partial charge in [0.15, 0.2) is 0 Å². The number of fused-ring (bicyclic) bond motifs is 1. The van der Waals surface area contributed by atoms with Crippen LogP contribution in [0.15, 0.2) is 54.7 Å². The van der Waals surface area contributed by atoms with Gasteiger partial charge < -0.3 is 15.0 Å². The number of aromatic nitrogens is 1. The van der Waals surface area contributed by atoms with E-state index in [9.17, 15) is 9.50 Å². The Morgan fingerprint density at radius 2 is 1.92 bits per heavy atom. The molecule has 0 bridgehead atoms. The first-order chi connectivity index (χ1) is 11.1. The van der Waals surface area contributed by atoms with Crippen LogP contribution >= 0.6 is 12.4 Å². The van der Waals surface area contributed by atoms with Crippen molar-refractivity contribution in [2.24, 2.45) is 0 Å². The summed E-state index contributed by atoms with van der Waals surface area (Å²) in [4.78, 5) is 0. The molecule has 5 heteroatoms. The summed E-state index contributed by atoms with van der Waals surface area (Å²) in [6, 6.07) is 14.2. The Morgan fingerprint density at radius 3 is 2.62 bits per heavy atom. The third-order valence-electron chi connectivity index (χ3n) is 4.25. The number of benzene rings is 2. The minimum atomic E-state index is -0.669. The van der Waals surface area contributed by atoms with E-state index in [2.05, 4.69) is 18.3 Å². The van der Waals surface area contributed by atoms with E-state index in [1.54, 1.807) is 13.1 Å². The lowest BCUT2D eigenvalue weighted by atomic mass is 10.0. The summed E-state index contributed by atoms with van der Waals surface area (Å²) in [5.74, 6) is -0.295. The minimum Gasteiger partial charge on any atom is -0.389 e. The lowest BCUT2D eigenvalue weighted by Crippen LogP contribution is -2.33. The quantitative estimate of drug-likeness (QED) is 0.738. The molecule has 128 valence electrons. The molecule has 2 N–H and O–H groups in total. The van der Waals surface area contributed by atoms with Crippen LogP contribution in [0.25, 0.3) is 10.9 Å². The summed E-state index contributed by atoms with van der Waals surface area (Å²) in [6.45, 7) is 2.49.